The van der Waals surface area contributed by atoms with Gasteiger partial charge in [0.1, 0.15) is 0 Å². The van der Waals surface area contributed by atoms with E-state index in [1.807, 2.05) is 17.0 Å². The highest BCUT2D eigenvalue weighted by Crippen LogP contribution is 2.32. The van der Waals surface area contributed by atoms with Crippen molar-refractivity contribution in [3.05, 3.63) is 24.2 Å². The van der Waals surface area contributed by atoms with E-state index >= 15 is 0 Å². The molecule has 0 aromatic carbocycles. The van der Waals surface area contributed by atoms with Gasteiger partial charge in [-0.25, -0.2) is 9.97 Å². The van der Waals surface area contributed by atoms with Crippen LogP contribution in [0, 0.1) is 5.41 Å². The van der Waals surface area contributed by atoms with Gasteiger partial charge in [-0.2, -0.15) is 0 Å². The van der Waals surface area contributed by atoms with Crippen molar-refractivity contribution in [2.24, 2.45) is 5.41 Å². The first kappa shape index (κ1) is 13.1. The van der Waals surface area contributed by atoms with Crippen LogP contribution in [0.4, 0.5) is 0 Å². The Morgan fingerprint density at radius 1 is 1.55 bits per heavy atom. The second kappa shape index (κ2) is 4.89. The summed E-state index contributed by atoms with van der Waals surface area (Å²) >= 11 is 0. The Balaban J connectivity index is 1.84. The summed E-state index contributed by atoms with van der Waals surface area (Å²) in [4.78, 5) is 26.0. The van der Waals surface area contributed by atoms with Crippen LogP contribution in [0.5, 0.6) is 0 Å². The van der Waals surface area contributed by atoms with Crippen LogP contribution in [-0.2, 0) is 0 Å². The van der Waals surface area contributed by atoms with E-state index in [2.05, 4.69) is 28.8 Å². The molecule has 5 heteroatoms. The molecule has 0 spiro atoms. The predicted octanol–water partition coefficient (Wildman–Crippen LogP) is 2.61. The zero-order chi connectivity index (χ0) is 14.2. The highest BCUT2D eigenvalue weighted by Gasteiger charge is 2.32. The molecule has 106 valence electrons. The molecular weight excluding hydrogens is 252 g/mol. The van der Waals surface area contributed by atoms with Crippen molar-refractivity contribution in [2.75, 3.05) is 13.1 Å². The van der Waals surface area contributed by atoms with E-state index in [4.69, 9.17) is 0 Å². The van der Waals surface area contributed by atoms with Crippen molar-refractivity contribution in [3.8, 4) is 0 Å². The molecular formula is C15H20N4O. The molecule has 0 unspecified atom stereocenters. The summed E-state index contributed by atoms with van der Waals surface area (Å²) in [6.45, 7) is 6.08. The molecule has 0 saturated carbocycles. The topological polar surface area (TPSA) is 61.9 Å². The van der Waals surface area contributed by atoms with Gasteiger partial charge >= 0.3 is 0 Å². The SMILES string of the molecule is CC[C@]1(C)CCCN(C(=O)c2nc3ncccc3[nH]2)C1. The van der Waals surface area contributed by atoms with Gasteiger partial charge in [-0.1, -0.05) is 13.8 Å². The Morgan fingerprint density at radius 2 is 2.40 bits per heavy atom. The Labute approximate surface area is 118 Å². The molecule has 20 heavy (non-hydrogen) atoms. The number of aromatic amines is 1. The number of hydrogen-bond acceptors (Lipinski definition) is 3. The number of H-pyrrole nitrogens is 1. The van der Waals surface area contributed by atoms with Crippen LogP contribution in [0.3, 0.4) is 0 Å². The number of rotatable bonds is 2. The standard InChI is InChI=1S/C15H20N4O/c1-3-15(2)7-5-9-19(10-15)14(20)13-17-11-6-4-8-16-12(11)18-13/h4,6,8H,3,5,7,9-10H2,1-2H3,(H,16,17,18)/t15-/m1/s1. The lowest BCUT2D eigenvalue weighted by Gasteiger charge is -2.39. The first-order valence-corrected chi connectivity index (χ1v) is 7.21. The Kier molecular flexibility index (Phi) is 3.20. The van der Waals surface area contributed by atoms with Crippen LogP contribution >= 0.6 is 0 Å². The zero-order valence-corrected chi connectivity index (χ0v) is 12.0. The molecule has 1 amide bonds. The monoisotopic (exact) mass is 272 g/mol. The van der Waals surface area contributed by atoms with Crippen molar-refractivity contribution < 1.29 is 4.79 Å². The van der Waals surface area contributed by atoms with Gasteiger partial charge in [-0.05, 0) is 36.8 Å². The summed E-state index contributed by atoms with van der Waals surface area (Å²) in [5.74, 6) is 0.390. The molecule has 3 rings (SSSR count). The molecule has 5 nitrogen and oxygen atoms in total. The fraction of sp³-hybridized carbons (Fsp3) is 0.533. The van der Waals surface area contributed by atoms with Crippen LogP contribution < -0.4 is 0 Å². The number of amides is 1. The number of aromatic nitrogens is 3. The maximum absolute atomic E-state index is 12.6. The van der Waals surface area contributed by atoms with Gasteiger partial charge in [0.25, 0.3) is 5.91 Å². The number of carbonyl (C=O) groups excluding carboxylic acids is 1. The number of piperidine rings is 1. The van der Waals surface area contributed by atoms with Gasteiger partial charge in [-0.3, -0.25) is 4.79 Å². The maximum Gasteiger partial charge on any atom is 0.289 e. The zero-order valence-electron chi connectivity index (χ0n) is 12.0. The van der Waals surface area contributed by atoms with Crippen LogP contribution in [-0.4, -0.2) is 38.8 Å². The quantitative estimate of drug-likeness (QED) is 0.914. The number of hydrogen-bond donors (Lipinski definition) is 1. The molecule has 3 heterocycles. The molecule has 0 radical (unpaired) electrons. The number of likely N-dealkylation sites (tertiary alicyclic amines) is 1. The van der Waals surface area contributed by atoms with Gasteiger partial charge in [-0.15, -0.1) is 0 Å². The fourth-order valence-electron chi connectivity index (χ4n) is 2.87. The second-order valence-electron chi connectivity index (χ2n) is 5.95. The average Bonchev–Trinajstić information content (AvgIpc) is 2.90. The lowest BCUT2D eigenvalue weighted by Crippen LogP contribution is -2.44. The first-order valence-electron chi connectivity index (χ1n) is 7.21. The fourth-order valence-corrected chi connectivity index (χ4v) is 2.87. The third-order valence-electron chi connectivity index (χ3n) is 4.38. The first-order chi connectivity index (χ1) is 9.61. The lowest BCUT2D eigenvalue weighted by molar-refractivity contribution is 0.0532. The number of carbonyl (C=O) groups is 1. The van der Waals surface area contributed by atoms with Crippen molar-refractivity contribution in [2.45, 2.75) is 33.1 Å². The second-order valence-corrected chi connectivity index (χ2v) is 5.95. The minimum Gasteiger partial charge on any atom is -0.335 e. The number of nitrogens with zero attached hydrogens (tertiary/aromatic N) is 3. The number of nitrogens with one attached hydrogen (secondary N) is 1. The molecule has 1 N–H and O–H groups in total. The van der Waals surface area contributed by atoms with Crippen molar-refractivity contribution in [1.82, 2.24) is 19.9 Å². The summed E-state index contributed by atoms with van der Waals surface area (Å²) in [6.07, 6.45) is 5.04. The van der Waals surface area contributed by atoms with Gasteiger partial charge in [0, 0.05) is 19.3 Å². The molecule has 2 aromatic heterocycles. The third-order valence-corrected chi connectivity index (χ3v) is 4.38. The summed E-state index contributed by atoms with van der Waals surface area (Å²) < 4.78 is 0. The summed E-state index contributed by atoms with van der Waals surface area (Å²) in [5.41, 5.74) is 1.65. The van der Waals surface area contributed by atoms with E-state index in [1.165, 1.54) is 6.42 Å². The van der Waals surface area contributed by atoms with Crippen molar-refractivity contribution >= 4 is 17.1 Å². The van der Waals surface area contributed by atoms with E-state index in [0.717, 1.165) is 31.4 Å². The highest BCUT2D eigenvalue weighted by atomic mass is 16.2. The van der Waals surface area contributed by atoms with Gasteiger partial charge in [0.15, 0.2) is 11.5 Å². The van der Waals surface area contributed by atoms with Crippen LogP contribution in [0.1, 0.15) is 43.7 Å². The molecule has 1 aliphatic rings. The molecule has 1 fully saturated rings. The normalized spacial score (nSPS) is 23.2. The molecule has 0 aliphatic carbocycles. The predicted molar refractivity (Wildman–Crippen MR) is 77.4 cm³/mol. The number of imidazole rings is 1. The number of pyridine rings is 1. The van der Waals surface area contributed by atoms with E-state index in [-0.39, 0.29) is 11.3 Å². The van der Waals surface area contributed by atoms with Crippen molar-refractivity contribution in [1.29, 1.82) is 0 Å². The van der Waals surface area contributed by atoms with Gasteiger partial charge in [0.2, 0.25) is 0 Å². The van der Waals surface area contributed by atoms with Gasteiger partial charge in [0.05, 0.1) is 5.52 Å². The smallest absolute Gasteiger partial charge is 0.289 e. The van der Waals surface area contributed by atoms with E-state index in [0.29, 0.717) is 11.5 Å². The Bertz CT molecular complexity index is 603. The molecule has 0 bridgehead atoms. The minimum atomic E-state index is -0.0117. The lowest BCUT2D eigenvalue weighted by atomic mass is 9.79. The minimum absolute atomic E-state index is 0.0117. The third kappa shape index (κ3) is 2.28. The number of fused-ring (bicyclic) bond motifs is 1. The van der Waals surface area contributed by atoms with E-state index < -0.39 is 0 Å². The van der Waals surface area contributed by atoms with E-state index in [9.17, 15) is 4.79 Å². The molecule has 1 saturated heterocycles. The van der Waals surface area contributed by atoms with Crippen LogP contribution in [0.25, 0.3) is 11.2 Å². The van der Waals surface area contributed by atoms with E-state index in [1.54, 1.807) is 6.20 Å². The Hall–Kier alpha value is -1.91. The summed E-state index contributed by atoms with van der Waals surface area (Å²) in [7, 11) is 0. The van der Waals surface area contributed by atoms with Crippen molar-refractivity contribution in [3.63, 3.8) is 0 Å². The molecule has 1 atom stereocenters. The van der Waals surface area contributed by atoms with Gasteiger partial charge < -0.3 is 9.88 Å². The molecule has 2 aromatic rings. The summed E-state index contributed by atoms with van der Waals surface area (Å²) in [6, 6.07) is 3.72. The van der Waals surface area contributed by atoms with Crippen LogP contribution in [0.15, 0.2) is 18.3 Å². The molecule has 1 aliphatic heterocycles. The van der Waals surface area contributed by atoms with Crippen LogP contribution in [0.2, 0.25) is 0 Å². The summed E-state index contributed by atoms with van der Waals surface area (Å²) in [5, 5.41) is 0. The Morgan fingerprint density at radius 3 is 3.15 bits per heavy atom. The largest absolute Gasteiger partial charge is 0.335 e. The highest BCUT2D eigenvalue weighted by molar-refractivity contribution is 5.93. The maximum atomic E-state index is 12.6. The average molecular weight is 272 g/mol.